The van der Waals surface area contributed by atoms with Crippen molar-refractivity contribution in [1.29, 1.82) is 0 Å². The number of likely N-dealkylation sites (tertiary alicyclic amines) is 1. The summed E-state index contributed by atoms with van der Waals surface area (Å²) in [6, 6.07) is 7.64. The van der Waals surface area contributed by atoms with E-state index in [1.165, 1.54) is 4.90 Å². The average Bonchev–Trinajstić information content (AvgIpc) is 2.61. The molecule has 1 aliphatic rings. The van der Waals surface area contributed by atoms with E-state index >= 15 is 0 Å². The highest BCUT2D eigenvalue weighted by molar-refractivity contribution is 5.82. The van der Waals surface area contributed by atoms with Crippen molar-refractivity contribution < 1.29 is 24.5 Å². The minimum Gasteiger partial charge on any atom is -0.395 e. The molecule has 25 heavy (non-hydrogen) atoms. The molecule has 6 nitrogen and oxygen atoms in total. The Balaban J connectivity index is 2.13. The number of hydrogen-bond donors (Lipinski definition) is 4. The molecule has 1 aromatic rings. The summed E-state index contributed by atoms with van der Waals surface area (Å²) in [7, 11) is 0. The zero-order valence-corrected chi connectivity index (χ0v) is 14.4. The highest BCUT2D eigenvalue weighted by Gasteiger charge is 2.50. The van der Waals surface area contributed by atoms with E-state index in [1.54, 1.807) is 6.92 Å². The Hall–Kier alpha value is -1.54. The number of nitrogens with one attached hydrogen (secondary N) is 1. The molecule has 1 aromatic carbocycles. The van der Waals surface area contributed by atoms with Crippen molar-refractivity contribution in [3.63, 3.8) is 0 Å². The van der Waals surface area contributed by atoms with E-state index in [-0.39, 0.29) is 0 Å². The standard InChI is InChI=1S/C18H27FN2O4/c1-2-20-18(25)15-17(24)16(23)14(19)13(11-22)21(15)10-6-9-12-7-4-3-5-8-12/h3-5,7-8,13-17,22-24H,2,6,9-11H2,1H3,(H,20,25)/t13-,14+,15+,16+,17-/m1/s1. The van der Waals surface area contributed by atoms with E-state index in [0.717, 1.165) is 12.0 Å². The predicted octanol–water partition coefficient (Wildman–Crippen LogP) is -0.140. The Morgan fingerprint density at radius 2 is 1.92 bits per heavy atom. The molecular weight excluding hydrogens is 327 g/mol. The third-order valence-electron chi connectivity index (χ3n) is 4.68. The van der Waals surface area contributed by atoms with Crippen LogP contribution in [-0.2, 0) is 11.2 Å². The lowest BCUT2D eigenvalue weighted by molar-refractivity contribution is -0.164. The minimum absolute atomic E-state index is 0.326. The number of carbonyl (C=O) groups is 1. The summed E-state index contributed by atoms with van der Waals surface area (Å²) in [6.45, 7) is 1.89. The van der Waals surface area contributed by atoms with E-state index in [2.05, 4.69) is 5.32 Å². The van der Waals surface area contributed by atoms with E-state index in [0.29, 0.717) is 19.5 Å². The maximum absolute atomic E-state index is 14.4. The zero-order valence-electron chi connectivity index (χ0n) is 14.4. The van der Waals surface area contributed by atoms with Gasteiger partial charge in [0.1, 0.15) is 24.4 Å². The van der Waals surface area contributed by atoms with Gasteiger partial charge in [-0.05, 0) is 31.9 Å². The fourth-order valence-electron chi connectivity index (χ4n) is 3.39. The van der Waals surface area contributed by atoms with Gasteiger partial charge in [-0.25, -0.2) is 4.39 Å². The third-order valence-corrected chi connectivity index (χ3v) is 4.68. The maximum atomic E-state index is 14.4. The van der Waals surface area contributed by atoms with Gasteiger partial charge in [0.05, 0.1) is 12.6 Å². The van der Waals surface area contributed by atoms with Crippen LogP contribution in [0.3, 0.4) is 0 Å². The van der Waals surface area contributed by atoms with Crippen molar-refractivity contribution in [3.8, 4) is 0 Å². The summed E-state index contributed by atoms with van der Waals surface area (Å²) in [5.41, 5.74) is 1.12. The molecule has 0 unspecified atom stereocenters. The highest BCUT2D eigenvalue weighted by atomic mass is 19.1. The second kappa shape index (κ2) is 9.24. The van der Waals surface area contributed by atoms with Gasteiger partial charge in [-0.2, -0.15) is 0 Å². The fraction of sp³-hybridized carbons (Fsp3) is 0.611. The normalized spacial score (nSPS) is 30.2. The van der Waals surface area contributed by atoms with Crippen molar-refractivity contribution >= 4 is 5.91 Å². The Kier molecular flexibility index (Phi) is 7.31. The number of piperidine rings is 1. The van der Waals surface area contributed by atoms with Crippen molar-refractivity contribution in [2.75, 3.05) is 19.7 Å². The van der Waals surface area contributed by atoms with Gasteiger partial charge in [-0.1, -0.05) is 30.3 Å². The molecular formula is C18H27FN2O4. The topological polar surface area (TPSA) is 93.0 Å². The number of aliphatic hydroxyl groups is 3. The second-order valence-corrected chi connectivity index (χ2v) is 6.34. The van der Waals surface area contributed by atoms with Gasteiger partial charge in [0.25, 0.3) is 0 Å². The van der Waals surface area contributed by atoms with Crippen molar-refractivity contribution in [2.24, 2.45) is 0 Å². The Morgan fingerprint density at radius 3 is 2.52 bits per heavy atom. The molecule has 2 rings (SSSR count). The zero-order chi connectivity index (χ0) is 18.4. The highest BCUT2D eigenvalue weighted by Crippen LogP contribution is 2.27. The first kappa shape index (κ1) is 19.8. The lowest BCUT2D eigenvalue weighted by Crippen LogP contribution is -2.69. The number of likely N-dealkylation sites (N-methyl/N-ethyl adjacent to an activating group) is 1. The van der Waals surface area contributed by atoms with Crippen LogP contribution in [0.15, 0.2) is 30.3 Å². The van der Waals surface area contributed by atoms with E-state index in [9.17, 15) is 24.5 Å². The first-order chi connectivity index (χ1) is 12.0. The summed E-state index contributed by atoms with van der Waals surface area (Å²) in [5, 5.41) is 32.3. The van der Waals surface area contributed by atoms with Crippen LogP contribution in [0.2, 0.25) is 0 Å². The van der Waals surface area contributed by atoms with E-state index < -0.39 is 43.0 Å². The van der Waals surface area contributed by atoms with E-state index in [1.807, 2.05) is 30.3 Å². The first-order valence-corrected chi connectivity index (χ1v) is 8.69. The summed E-state index contributed by atoms with van der Waals surface area (Å²) in [5.74, 6) is -0.473. The quantitative estimate of drug-likeness (QED) is 0.547. The lowest BCUT2D eigenvalue weighted by Gasteiger charge is -2.47. The predicted molar refractivity (Wildman–Crippen MR) is 91.7 cm³/mol. The average molecular weight is 354 g/mol. The van der Waals surface area contributed by atoms with Crippen LogP contribution in [0, 0.1) is 0 Å². The molecule has 5 atom stereocenters. The molecule has 140 valence electrons. The third kappa shape index (κ3) is 4.55. The van der Waals surface area contributed by atoms with Crippen LogP contribution in [0.1, 0.15) is 18.9 Å². The lowest BCUT2D eigenvalue weighted by atomic mass is 9.88. The molecule has 1 saturated heterocycles. The van der Waals surface area contributed by atoms with Crippen LogP contribution in [0.5, 0.6) is 0 Å². The first-order valence-electron chi connectivity index (χ1n) is 8.69. The number of amides is 1. The van der Waals surface area contributed by atoms with Gasteiger partial charge < -0.3 is 20.6 Å². The molecule has 0 radical (unpaired) electrons. The van der Waals surface area contributed by atoms with Gasteiger partial charge in [0.2, 0.25) is 5.91 Å². The Morgan fingerprint density at radius 1 is 1.24 bits per heavy atom. The number of carbonyl (C=O) groups excluding carboxylic acids is 1. The fourth-order valence-corrected chi connectivity index (χ4v) is 3.39. The largest absolute Gasteiger partial charge is 0.395 e. The number of rotatable bonds is 7. The summed E-state index contributed by atoms with van der Waals surface area (Å²) in [6.07, 6.45) is -3.70. The second-order valence-electron chi connectivity index (χ2n) is 6.34. The van der Waals surface area contributed by atoms with Crippen LogP contribution in [0.25, 0.3) is 0 Å². The van der Waals surface area contributed by atoms with Crippen molar-refractivity contribution in [2.45, 2.75) is 50.2 Å². The molecule has 0 aromatic heterocycles. The van der Waals surface area contributed by atoms with Gasteiger partial charge in [0, 0.05) is 6.54 Å². The number of alkyl halides is 1. The number of benzene rings is 1. The van der Waals surface area contributed by atoms with Crippen molar-refractivity contribution in [1.82, 2.24) is 10.2 Å². The minimum atomic E-state index is -1.82. The Bertz CT molecular complexity index is 545. The molecule has 1 amide bonds. The van der Waals surface area contributed by atoms with Gasteiger partial charge in [-0.15, -0.1) is 0 Å². The van der Waals surface area contributed by atoms with Crippen LogP contribution < -0.4 is 5.32 Å². The molecule has 4 N–H and O–H groups in total. The molecule has 0 bridgehead atoms. The summed E-state index contributed by atoms with van der Waals surface area (Å²) in [4.78, 5) is 13.8. The molecule has 1 heterocycles. The monoisotopic (exact) mass is 354 g/mol. The number of hydrogen-bond acceptors (Lipinski definition) is 5. The number of halogens is 1. The van der Waals surface area contributed by atoms with Gasteiger partial charge in [0.15, 0.2) is 0 Å². The smallest absolute Gasteiger partial charge is 0.240 e. The molecule has 0 aliphatic carbocycles. The number of aliphatic hydroxyl groups excluding tert-OH is 3. The van der Waals surface area contributed by atoms with Crippen LogP contribution in [-0.4, -0.2) is 76.3 Å². The molecule has 0 saturated carbocycles. The molecule has 1 fully saturated rings. The number of nitrogens with zero attached hydrogens (tertiary/aromatic N) is 1. The summed E-state index contributed by atoms with van der Waals surface area (Å²) >= 11 is 0. The van der Waals surface area contributed by atoms with Crippen molar-refractivity contribution in [3.05, 3.63) is 35.9 Å². The van der Waals surface area contributed by atoms with Gasteiger partial charge >= 0.3 is 0 Å². The SMILES string of the molecule is CCNC(=O)[C@@H]1[C@@H](O)[C@@H](O)[C@@H](F)[C@@H](CO)N1CCCc1ccccc1. The van der Waals surface area contributed by atoms with E-state index in [4.69, 9.17) is 0 Å². The molecule has 0 spiro atoms. The Labute approximate surface area is 147 Å². The maximum Gasteiger partial charge on any atom is 0.240 e. The van der Waals surface area contributed by atoms with Crippen LogP contribution in [0.4, 0.5) is 4.39 Å². The molecule has 7 heteroatoms. The number of aryl methyl sites for hydroxylation is 1. The molecule has 1 aliphatic heterocycles. The van der Waals surface area contributed by atoms with Gasteiger partial charge in [-0.3, -0.25) is 9.69 Å². The summed E-state index contributed by atoms with van der Waals surface area (Å²) < 4.78 is 14.4. The van der Waals surface area contributed by atoms with Crippen LogP contribution >= 0.6 is 0 Å².